The SMILES string of the molecule is CCCCCC1CCC(c2cc(F)cc(OCc3cccc(OC(F)(F)F)c3)c2)CC1. The van der Waals surface area contributed by atoms with Gasteiger partial charge in [-0.15, -0.1) is 13.2 Å². The van der Waals surface area contributed by atoms with Crippen molar-refractivity contribution in [2.24, 2.45) is 5.92 Å². The zero-order chi connectivity index (χ0) is 22.3. The third-order valence-electron chi connectivity index (χ3n) is 5.97. The highest BCUT2D eigenvalue weighted by atomic mass is 19.4. The van der Waals surface area contributed by atoms with Gasteiger partial charge in [-0.3, -0.25) is 0 Å². The number of hydrogen-bond acceptors (Lipinski definition) is 2. The van der Waals surface area contributed by atoms with Gasteiger partial charge in [0.15, 0.2) is 0 Å². The number of rotatable bonds is 9. The molecule has 0 radical (unpaired) electrons. The van der Waals surface area contributed by atoms with Crippen LogP contribution in [0.15, 0.2) is 42.5 Å². The second-order valence-corrected chi connectivity index (χ2v) is 8.42. The second kappa shape index (κ2) is 10.9. The molecule has 2 nitrogen and oxygen atoms in total. The molecule has 0 bridgehead atoms. The first kappa shape index (κ1) is 23.4. The summed E-state index contributed by atoms with van der Waals surface area (Å²) in [5.41, 5.74) is 1.45. The zero-order valence-electron chi connectivity index (χ0n) is 17.9. The van der Waals surface area contributed by atoms with Crippen molar-refractivity contribution in [3.05, 3.63) is 59.4 Å². The van der Waals surface area contributed by atoms with E-state index >= 15 is 0 Å². The Morgan fingerprint density at radius 3 is 2.42 bits per heavy atom. The van der Waals surface area contributed by atoms with Crippen LogP contribution in [0.25, 0.3) is 0 Å². The van der Waals surface area contributed by atoms with Crippen LogP contribution in [0.4, 0.5) is 17.6 Å². The number of ether oxygens (including phenoxy) is 2. The first-order valence-corrected chi connectivity index (χ1v) is 11.1. The van der Waals surface area contributed by atoms with Gasteiger partial charge in [0.25, 0.3) is 0 Å². The van der Waals surface area contributed by atoms with Gasteiger partial charge in [-0.05, 0) is 72.9 Å². The normalized spacial score (nSPS) is 19.3. The fourth-order valence-corrected chi connectivity index (χ4v) is 4.37. The topological polar surface area (TPSA) is 18.5 Å². The van der Waals surface area contributed by atoms with Gasteiger partial charge in [0.2, 0.25) is 0 Å². The summed E-state index contributed by atoms with van der Waals surface area (Å²) in [4.78, 5) is 0. The minimum absolute atomic E-state index is 0.0299. The van der Waals surface area contributed by atoms with Crippen LogP contribution in [0.1, 0.15) is 75.3 Å². The average Bonchev–Trinajstić information content (AvgIpc) is 2.72. The maximum absolute atomic E-state index is 14.2. The molecule has 1 fully saturated rings. The Kier molecular flexibility index (Phi) is 8.22. The van der Waals surface area contributed by atoms with Crippen LogP contribution in [-0.2, 0) is 6.61 Å². The molecule has 0 heterocycles. The Hall–Kier alpha value is -2.24. The van der Waals surface area contributed by atoms with Gasteiger partial charge in [0, 0.05) is 6.07 Å². The van der Waals surface area contributed by atoms with Crippen LogP contribution in [0, 0.1) is 11.7 Å². The van der Waals surface area contributed by atoms with Gasteiger partial charge < -0.3 is 9.47 Å². The molecule has 2 aromatic rings. The van der Waals surface area contributed by atoms with Crippen molar-refractivity contribution in [1.29, 1.82) is 0 Å². The van der Waals surface area contributed by atoms with Crippen molar-refractivity contribution >= 4 is 0 Å². The fraction of sp³-hybridized carbons (Fsp3) is 0.520. The molecule has 0 aliphatic heterocycles. The fourth-order valence-electron chi connectivity index (χ4n) is 4.37. The molecule has 0 aromatic heterocycles. The van der Waals surface area contributed by atoms with Gasteiger partial charge in [0.1, 0.15) is 23.9 Å². The van der Waals surface area contributed by atoms with Crippen molar-refractivity contribution in [1.82, 2.24) is 0 Å². The van der Waals surface area contributed by atoms with Gasteiger partial charge >= 0.3 is 6.36 Å². The van der Waals surface area contributed by atoms with Gasteiger partial charge in [-0.2, -0.15) is 0 Å². The Morgan fingerprint density at radius 1 is 0.935 bits per heavy atom. The van der Waals surface area contributed by atoms with E-state index in [1.54, 1.807) is 12.1 Å². The lowest BCUT2D eigenvalue weighted by Crippen LogP contribution is -2.17. The highest BCUT2D eigenvalue weighted by molar-refractivity contribution is 5.33. The summed E-state index contributed by atoms with van der Waals surface area (Å²) in [5, 5.41) is 0. The zero-order valence-corrected chi connectivity index (χ0v) is 17.9. The molecule has 1 saturated carbocycles. The van der Waals surface area contributed by atoms with Crippen molar-refractivity contribution in [3.63, 3.8) is 0 Å². The molecule has 1 aliphatic carbocycles. The van der Waals surface area contributed by atoms with E-state index in [1.807, 2.05) is 6.07 Å². The first-order chi connectivity index (χ1) is 14.8. The lowest BCUT2D eigenvalue weighted by atomic mass is 9.77. The first-order valence-electron chi connectivity index (χ1n) is 11.1. The third kappa shape index (κ3) is 7.75. The van der Waals surface area contributed by atoms with E-state index in [4.69, 9.17) is 4.74 Å². The van der Waals surface area contributed by atoms with E-state index in [1.165, 1.54) is 62.8 Å². The predicted molar refractivity (Wildman–Crippen MR) is 113 cm³/mol. The standard InChI is InChI=1S/C25H30F4O2/c1-2-3-4-6-18-9-11-20(12-10-18)21-14-22(26)16-24(15-21)30-17-19-7-5-8-23(13-19)31-25(27,28)29/h5,7-8,13-16,18,20H,2-4,6,9-12,17H2,1H3. The summed E-state index contributed by atoms with van der Waals surface area (Å²) in [7, 11) is 0. The molecular weight excluding hydrogens is 408 g/mol. The van der Waals surface area contributed by atoms with E-state index in [9.17, 15) is 17.6 Å². The van der Waals surface area contributed by atoms with Crippen LogP contribution in [-0.4, -0.2) is 6.36 Å². The maximum Gasteiger partial charge on any atom is 0.573 e. The second-order valence-electron chi connectivity index (χ2n) is 8.42. The van der Waals surface area contributed by atoms with Crippen LogP contribution < -0.4 is 9.47 Å². The Labute approximate surface area is 181 Å². The van der Waals surface area contributed by atoms with Crippen LogP contribution in [0.5, 0.6) is 11.5 Å². The molecule has 6 heteroatoms. The third-order valence-corrected chi connectivity index (χ3v) is 5.97. The number of hydrogen-bond donors (Lipinski definition) is 0. The van der Waals surface area contributed by atoms with E-state index in [-0.39, 0.29) is 18.2 Å². The molecule has 3 rings (SSSR count). The quantitative estimate of drug-likeness (QED) is 0.290. The summed E-state index contributed by atoms with van der Waals surface area (Å²) < 4.78 is 61.0. The van der Waals surface area contributed by atoms with E-state index in [2.05, 4.69) is 11.7 Å². The predicted octanol–water partition coefficient (Wildman–Crippen LogP) is 8.16. The molecule has 0 saturated heterocycles. The average molecular weight is 439 g/mol. The van der Waals surface area contributed by atoms with Crippen LogP contribution in [0.3, 0.4) is 0 Å². The minimum atomic E-state index is -4.74. The van der Waals surface area contributed by atoms with E-state index in [0.29, 0.717) is 17.2 Å². The summed E-state index contributed by atoms with van der Waals surface area (Å²) in [6, 6.07) is 10.4. The molecule has 2 aromatic carbocycles. The smallest absolute Gasteiger partial charge is 0.489 e. The summed E-state index contributed by atoms with van der Waals surface area (Å²) in [6.07, 6.45) is 4.81. The van der Waals surface area contributed by atoms with Crippen molar-refractivity contribution in [3.8, 4) is 11.5 Å². The van der Waals surface area contributed by atoms with Crippen LogP contribution in [0.2, 0.25) is 0 Å². The van der Waals surface area contributed by atoms with Crippen molar-refractivity contribution < 1.29 is 27.0 Å². The molecule has 0 atom stereocenters. The Balaban J connectivity index is 1.57. The van der Waals surface area contributed by atoms with Gasteiger partial charge in [-0.25, -0.2) is 4.39 Å². The highest BCUT2D eigenvalue weighted by Gasteiger charge is 2.31. The minimum Gasteiger partial charge on any atom is -0.489 e. The number of halogens is 4. The monoisotopic (exact) mass is 438 g/mol. The molecule has 0 unspecified atom stereocenters. The molecule has 0 N–H and O–H groups in total. The maximum atomic E-state index is 14.2. The largest absolute Gasteiger partial charge is 0.573 e. The molecule has 0 spiro atoms. The summed E-state index contributed by atoms with van der Waals surface area (Å²) in [6.45, 7) is 2.25. The Morgan fingerprint density at radius 2 is 1.71 bits per heavy atom. The molecule has 1 aliphatic rings. The molecule has 170 valence electrons. The number of unbranched alkanes of at least 4 members (excludes halogenated alkanes) is 2. The van der Waals surface area contributed by atoms with Crippen LogP contribution >= 0.6 is 0 Å². The lowest BCUT2D eigenvalue weighted by molar-refractivity contribution is -0.274. The highest BCUT2D eigenvalue weighted by Crippen LogP contribution is 2.39. The van der Waals surface area contributed by atoms with Gasteiger partial charge in [-0.1, -0.05) is 44.7 Å². The summed E-state index contributed by atoms with van der Waals surface area (Å²) in [5.74, 6) is 0.834. The number of benzene rings is 2. The number of alkyl halides is 3. The summed E-state index contributed by atoms with van der Waals surface area (Å²) >= 11 is 0. The van der Waals surface area contributed by atoms with Gasteiger partial charge in [0.05, 0.1) is 0 Å². The Bertz CT molecular complexity index is 827. The van der Waals surface area contributed by atoms with Crippen molar-refractivity contribution in [2.45, 2.75) is 77.2 Å². The molecular formula is C25H30F4O2. The van der Waals surface area contributed by atoms with Crippen molar-refractivity contribution in [2.75, 3.05) is 0 Å². The lowest BCUT2D eigenvalue weighted by Gasteiger charge is -2.29. The molecule has 0 amide bonds. The van der Waals surface area contributed by atoms with E-state index in [0.717, 1.165) is 24.3 Å². The molecule has 31 heavy (non-hydrogen) atoms. The van der Waals surface area contributed by atoms with E-state index < -0.39 is 6.36 Å².